The number of carboxylic acids is 1. The molecule has 5 unspecified atom stereocenters. The van der Waals surface area contributed by atoms with Crippen molar-refractivity contribution in [2.24, 2.45) is 23.3 Å². The average molecular weight is 492 g/mol. The molecule has 0 aliphatic rings. The fourth-order valence-corrected chi connectivity index (χ4v) is 3.36. The maximum absolute atomic E-state index is 13.2. The number of aliphatic carboxylic acids is 1. The maximum atomic E-state index is 13.2. The van der Waals surface area contributed by atoms with Crippen LogP contribution in [-0.2, 0) is 30.4 Å². The Kier molecular flexibility index (Phi) is 11.9. The Morgan fingerprint density at radius 2 is 1.46 bits per heavy atom. The molecule has 0 aromatic heterocycles. The van der Waals surface area contributed by atoms with E-state index in [1.54, 1.807) is 51.1 Å². The second-order valence-electron chi connectivity index (χ2n) is 8.97. The van der Waals surface area contributed by atoms with Gasteiger partial charge in [-0.1, -0.05) is 64.4 Å². The van der Waals surface area contributed by atoms with E-state index in [0.717, 1.165) is 5.56 Å². The van der Waals surface area contributed by atoms with Crippen molar-refractivity contribution >= 4 is 29.6 Å². The summed E-state index contributed by atoms with van der Waals surface area (Å²) < 4.78 is 0. The molecule has 0 saturated heterocycles. The Morgan fingerprint density at radius 1 is 0.886 bits per heavy atom. The first-order chi connectivity index (χ1) is 16.4. The highest BCUT2D eigenvalue weighted by Crippen LogP contribution is 2.11. The first kappa shape index (κ1) is 29.6. The van der Waals surface area contributed by atoms with Gasteiger partial charge in [0.2, 0.25) is 23.6 Å². The molecule has 0 spiro atoms. The van der Waals surface area contributed by atoms with E-state index in [9.17, 15) is 29.1 Å². The molecule has 0 aliphatic heterocycles. The monoisotopic (exact) mass is 491 g/mol. The van der Waals surface area contributed by atoms with Gasteiger partial charge in [-0.05, 0) is 17.4 Å². The molecule has 0 fully saturated rings. The normalized spacial score (nSPS) is 15.3. The Morgan fingerprint density at radius 3 is 1.94 bits per heavy atom. The average Bonchev–Trinajstić information content (AvgIpc) is 2.79. The van der Waals surface area contributed by atoms with Gasteiger partial charge in [0, 0.05) is 6.42 Å². The third kappa shape index (κ3) is 9.73. The van der Waals surface area contributed by atoms with Gasteiger partial charge in [-0.3, -0.25) is 19.2 Å². The number of nitrogens with two attached hydrogens (primary N) is 2. The van der Waals surface area contributed by atoms with Crippen LogP contribution in [0, 0.1) is 11.8 Å². The van der Waals surface area contributed by atoms with Gasteiger partial charge in [-0.15, -0.1) is 0 Å². The van der Waals surface area contributed by atoms with Gasteiger partial charge in [-0.2, -0.15) is 0 Å². The number of primary amides is 1. The minimum absolute atomic E-state index is 0.102. The summed E-state index contributed by atoms with van der Waals surface area (Å²) in [7, 11) is 0. The highest BCUT2D eigenvalue weighted by Gasteiger charge is 2.33. The van der Waals surface area contributed by atoms with Gasteiger partial charge < -0.3 is 32.5 Å². The number of carbonyl (C=O) groups excluding carboxylic acids is 4. The van der Waals surface area contributed by atoms with E-state index in [1.807, 2.05) is 6.92 Å². The molecule has 35 heavy (non-hydrogen) atoms. The third-order valence-corrected chi connectivity index (χ3v) is 5.70. The second-order valence-corrected chi connectivity index (χ2v) is 8.97. The van der Waals surface area contributed by atoms with Crippen LogP contribution in [0.2, 0.25) is 0 Å². The van der Waals surface area contributed by atoms with Crippen molar-refractivity contribution in [3.63, 3.8) is 0 Å². The lowest BCUT2D eigenvalue weighted by Crippen LogP contribution is -2.59. The standard InChI is InChI=1S/C24H37N5O6/c1-5-14(4)20(29-21(31)16(25)12-18(26)30)23(33)27-17(11-15-9-7-6-8-10-15)22(32)28-19(13(2)3)24(34)35/h6-10,13-14,16-17,19-20H,5,11-12,25H2,1-4H3,(H2,26,30)(H,27,33)(H,28,32)(H,29,31)(H,34,35). The summed E-state index contributed by atoms with van der Waals surface area (Å²) in [6.07, 6.45) is 0.240. The molecule has 1 rings (SSSR count). The molecule has 4 amide bonds. The lowest BCUT2D eigenvalue weighted by molar-refractivity contribution is -0.143. The summed E-state index contributed by atoms with van der Waals surface area (Å²) >= 11 is 0. The van der Waals surface area contributed by atoms with Crippen LogP contribution in [0.5, 0.6) is 0 Å². The lowest BCUT2D eigenvalue weighted by atomic mass is 9.96. The quantitative estimate of drug-likeness (QED) is 0.205. The van der Waals surface area contributed by atoms with Gasteiger partial charge >= 0.3 is 5.97 Å². The van der Waals surface area contributed by atoms with E-state index < -0.39 is 53.8 Å². The first-order valence-corrected chi connectivity index (χ1v) is 11.6. The summed E-state index contributed by atoms with van der Waals surface area (Å²) in [4.78, 5) is 61.4. The third-order valence-electron chi connectivity index (χ3n) is 5.70. The molecular formula is C24H37N5O6. The zero-order valence-electron chi connectivity index (χ0n) is 20.6. The number of nitrogens with one attached hydrogen (secondary N) is 3. The molecule has 0 heterocycles. The van der Waals surface area contributed by atoms with Gasteiger partial charge in [0.15, 0.2) is 0 Å². The number of hydrogen-bond acceptors (Lipinski definition) is 6. The molecule has 0 radical (unpaired) electrons. The van der Waals surface area contributed by atoms with E-state index in [2.05, 4.69) is 16.0 Å². The van der Waals surface area contributed by atoms with Crippen LogP contribution in [0.3, 0.4) is 0 Å². The van der Waals surface area contributed by atoms with Crippen LogP contribution >= 0.6 is 0 Å². The van der Waals surface area contributed by atoms with Crippen LogP contribution in [0.15, 0.2) is 30.3 Å². The highest BCUT2D eigenvalue weighted by molar-refractivity contribution is 5.95. The Hall–Kier alpha value is -3.47. The zero-order chi connectivity index (χ0) is 26.7. The van der Waals surface area contributed by atoms with Crippen molar-refractivity contribution in [3.8, 4) is 0 Å². The molecule has 0 bridgehead atoms. The molecule has 5 atom stereocenters. The predicted molar refractivity (Wildman–Crippen MR) is 130 cm³/mol. The molecule has 11 heteroatoms. The van der Waals surface area contributed by atoms with Gasteiger partial charge in [0.1, 0.15) is 18.1 Å². The largest absolute Gasteiger partial charge is 0.480 e. The van der Waals surface area contributed by atoms with E-state index in [1.165, 1.54) is 0 Å². The maximum Gasteiger partial charge on any atom is 0.326 e. The van der Waals surface area contributed by atoms with Gasteiger partial charge in [0.05, 0.1) is 12.5 Å². The fourth-order valence-electron chi connectivity index (χ4n) is 3.36. The minimum Gasteiger partial charge on any atom is -0.480 e. The van der Waals surface area contributed by atoms with Crippen LogP contribution in [0.4, 0.5) is 0 Å². The Bertz CT molecular complexity index is 892. The van der Waals surface area contributed by atoms with Crippen molar-refractivity contribution in [1.29, 1.82) is 0 Å². The molecule has 0 saturated carbocycles. The number of carbonyl (C=O) groups is 5. The van der Waals surface area contributed by atoms with Crippen LogP contribution in [0.25, 0.3) is 0 Å². The first-order valence-electron chi connectivity index (χ1n) is 11.6. The summed E-state index contributed by atoms with van der Waals surface area (Å²) in [5.74, 6) is -4.68. The molecule has 194 valence electrons. The van der Waals surface area contributed by atoms with Gasteiger partial charge in [0.25, 0.3) is 0 Å². The summed E-state index contributed by atoms with van der Waals surface area (Å²) in [5, 5.41) is 17.2. The number of rotatable bonds is 14. The summed E-state index contributed by atoms with van der Waals surface area (Å²) in [5.41, 5.74) is 11.6. The summed E-state index contributed by atoms with van der Waals surface area (Å²) in [6, 6.07) is 4.41. The molecule has 8 N–H and O–H groups in total. The second kappa shape index (κ2) is 14.1. The van der Waals surface area contributed by atoms with E-state index in [4.69, 9.17) is 11.5 Å². The molecule has 1 aromatic rings. The summed E-state index contributed by atoms with van der Waals surface area (Å²) in [6.45, 7) is 6.89. The Balaban J connectivity index is 3.15. The topological polar surface area (TPSA) is 194 Å². The van der Waals surface area contributed by atoms with Crippen molar-refractivity contribution in [3.05, 3.63) is 35.9 Å². The number of amides is 4. The highest BCUT2D eigenvalue weighted by atomic mass is 16.4. The van der Waals surface area contributed by atoms with Crippen LogP contribution < -0.4 is 27.4 Å². The van der Waals surface area contributed by atoms with Gasteiger partial charge in [-0.25, -0.2) is 4.79 Å². The lowest BCUT2D eigenvalue weighted by Gasteiger charge is -2.28. The predicted octanol–water partition coefficient (Wildman–Crippen LogP) is -0.327. The number of benzene rings is 1. The van der Waals surface area contributed by atoms with Crippen molar-refractivity contribution in [2.75, 3.05) is 0 Å². The minimum atomic E-state index is -1.22. The molecule has 11 nitrogen and oxygen atoms in total. The van der Waals surface area contributed by atoms with Crippen molar-refractivity contribution < 1.29 is 29.1 Å². The molecule has 0 aliphatic carbocycles. The van der Waals surface area contributed by atoms with E-state index in [0.29, 0.717) is 6.42 Å². The smallest absolute Gasteiger partial charge is 0.326 e. The van der Waals surface area contributed by atoms with Crippen molar-refractivity contribution in [1.82, 2.24) is 16.0 Å². The molecule has 1 aromatic carbocycles. The van der Waals surface area contributed by atoms with Crippen LogP contribution in [0.1, 0.15) is 46.1 Å². The van der Waals surface area contributed by atoms with Crippen LogP contribution in [-0.4, -0.2) is 58.9 Å². The van der Waals surface area contributed by atoms with E-state index in [-0.39, 0.29) is 24.7 Å². The zero-order valence-corrected chi connectivity index (χ0v) is 20.6. The van der Waals surface area contributed by atoms with E-state index >= 15 is 0 Å². The fraction of sp³-hybridized carbons (Fsp3) is 0.542. The molecular weight excluding hydrogens is 454 g/mol. The Labute approximate surface area is 205 Å². The van der Waals surface area contributed by atoms with Crippen molar-refractivity contribution in [2.45, 2.75) is 71.1 Å². The number of carboxylic acid groups (broad SMARTS) is 1. The number of hydrogen-bond donors (Lipinski definition) is 6. The SMILES string of the molecule is CCC(C)C(NC(=O)C(N)CC(N)=O)C(=O)NC(Cc1ccccc1)C(=O)NC(C(=O)O)C(C)C.